The number of hydrogen-bond acceptors (Lipinski definition) is 7. The van der Waals surface area contributed by atoms with Crippen molar-refractivity contribution in [2.75, 3.05) is 13.2 Å². The molecule has 5 rings (SSSR count). The van der Waals surface area contributed by atoms with Gasteiger partial charge in [0.25, 0.3) is 0 Å². The Morgan fingerprint density at radius 2 is 1.73 bits per heavy atom. The van der Waals surface area contributed by atoms with Crippen molar-refractivity contribution in [3.05, 3.63) is 11.6 Å². The molecule has 1 saturated heterocycles. The van der Waals surface area contributed by atoms with Gasteiger partial charge in [0.2, 0.25) is 0 Å². The third kappa shape index (κ3) is 4.54. The quantitative estimate of drug-likeness (QED) is 0.258. The van der Waals surface area contributed by atoms with Crippen LogP contribution in [-0.2, 0) is 28.6 Å². The fraction of sp³-hybridized carbons (Fsp3) is 0.861. The normalized spacial score (nSPS) is 46.0. The first-order valence-electron chi connectivity index (χ1n) is 17.1. The lowest BCUT2D eigenvalue weighted by Gasteiger charge is -2.71. The second-order valence-corrected chi connectivity index (χ2v) is 16.6. The lowest BCUT2D eigenvalue weighted by atomic mass is 9.34. The smallest absolute Gasteiger partial charge is 0.323 e. The van der Waals surface area contributed by atoms with Crippen LogP contribution in [0.4, 0.5) is 0 Å². The fourth-order valence-corrected chi connectivity index (χ4v) is 11.5. The van der Waals surface area contributed by atoms with Gasteiger partial charge in [0, 0.05) is 17.8 Å². The van der Waals surface area contributed by atoms with Crippen molar-refractivity contribution in [1.82, 2.24) is 0 Å². The summed E-state index contributed by atoms with van der Waals surface area (Å²) in [7, 11) is 0. The summed E-state index contributed by atoms with van der Waals surface area (Å²) in [4.78, 5) is 38.8. The summed E-state index contributed by atoms with van der Waals surface area (Å²) >= 11 is 0. The summed E-state index contributed by atoms with van der Waals surface area (Å²) in [5.74, 6) is -0.949. The molecule has 0 spiro atoms. The van der Waals surface area contributed by atoms with Crippen LogP contribution in [0.25, 0.3) is 0 Å². The maximum atomic E-state index is 13.3. The molecule has 8 heteroatoms. The van der Waals surface area contributed by atoms with E-state index in [0.717, 1.165) is 25.7 Å². The van der Waals surface area contributed by atoms with Gasteiger partial charge in [-0.25, -0.2) is 0 Å². The Bertz CT molecular complexity index is 1210. The van der Waals surface area contributed by atoms with Crippen molar-refractivity contribution in [1.29, 1.82) is 0 Å². The van der Waals surface area contributed by atoms with Gasteiger partial charge >= 0.3 is 17.9 Å². The van der Waals surface area contributed by atoms with Gasteiger partial charge in [0.15, 0.2) is 0 Å². The van der Waals surface area contributed by atoms with Crippen LogP contribution in [0, 0.1) is 56.7 Å². The Labute approximate surface area is 264 Å². The van der Waals surface area contributed by atoms with Gasteiger partial charge in [0.05, 0.1) is 19.1 Å². The summed E-state index contributed by atoms with van der Waals surface area (Å²) in [5, 5.41) is 10.9. The van der Waals surface area contributed by atoms with E-state index in [1.165, 1.54) is 12.5 Å². The predicted octanol–water partition coefficient (Wildman–Crippen LogP) is 6.16. The van der Waals surface area contributed by atoms with Crippen LogP contribution < -0.4 is 5.73 Å². The number of aliphatic carboxylic acids is 1. The van der Waals surface area contributed by atoms with Crippen LogP contribution in [0.1, 0.15) is 107 Å². The molecule has 0 aromatic carbocycles. The number of rotatable bonds is 7. The molecule has 2 unspecified atom stereocenters. The Morgan fingerprint density at radius 1 is 1.05 bits per heavy atom. The standard InChI is InChI=1S/C36H57NO7/c1-10-25(37)31(41)44-29-26(43-22(5)38)17-36-19-42-18-33(29,7)27(36)12-11-23-24(36)13-14-35(9)28(30(39)40)32(6,21(4)20(2)3)15-16-34(23,35)8/h13,20-21,23,25-29H,10-12,14-19,37H2,1-9H3,(H,39,40)/t21?,23-,25?,26+,27-,28+,29-,32+,33+,34+,35-,36+/m0/s1. The van der Waals surface area contributed by atoms with Gasteiger partial charge in [-0.05, 0) is 84.9 Å². The van der Waals surface area contributed by atoms with Gasteiger partial charge in [-0.2, -0.15) is 0 Å². The van der Waals surface area contributed by atoms with E-state index in [0.29, 0.717) is 38.4 Å². The van der Waals surface area contributed by atoms with E-state index >= 15 is 0 Å². The summed E-state index contributed by atoms with van der Waals surface area (Å²) in [6.07, 6.45) is 6.52. The van der Waals surface area contributed by atoms with Crippen LogP contribution in [0.5, 0.6) is 0 Å². The van der Waals surface area contributed by atoms with Crippen LogP contribution in [0.2, 0.25) is 0 Å². The number of esters is 2. The van der Waals surface area contributed by atoms with Gasteiger partial charge in [-0.3, -0.25) is 14.4 Å². The molecule has 0 amide bonds. The number of hydrogen-bond donors (Lipinski definition) is 2. The Morgan fingerprint density at radius 3 is 2.32 bits per heavy atom. The molecule has 1 aliphatic heterocycles. The van der Waals surface area contributed by atoms with Crippen molar-refractivity contribution < 1.29 is 33.7 Å². The molecule has 0 radical (unpaired) electrons. The number of carboxylic acids is 1. The molecule has 3 N–H and O–H groups in total. The summed E-state index contributed by atoms with van der Waals surface area (Å²) in [5.41, 5.74) is 5.58. The van der Waals surface area contributed by atoms with Crippen LogP contribution in [0.15, 0.2) is 11.6 Å². The highest BCUT2D eigenvalue weighted by Crippen LogP contribution is 2.75. The number of fused-ring (bicyclic) bond motifs is 3. The lowest BCUT2D eigenvalue weighted by Crippen LogP contribution is -2.70. The van der Waals surface area contributed by atoms with E-state index in [9.17, 15) is 19.5 Å². The molecule has 0 aromatic heterocycles. The van der Waals surface area contributed by atoms with Crippen LogP contribution >= 0.6 is 0 Å². The topological polar surface area (TPSA) is 125 Å². The number of carbonyl (C=O) groups excluding carboxylic acids is 2. The second kappa shape index (κ2) is 11.1. The minimum atomic E-state index is -0.736. The SMILES string of the molecule is CCC(N)C(=O)O[C@H]1[C@H](OC(C)=O)C[C@]23COC[C@]1(C)[C@@H]2CC[C@H]1C3=CC[C@@]2(C)[C@H](C(=O)O)[C@@](C)(C(C)C(C)C)CC[C@]12C. The number of carboxylic acid groups (broad SMARTS) is 1. The van der Waals surface area contributed by atoms with E-state index < -0.39 is 52.9 Å². The minimum absolute atomic E-state index is 0.173. The second-order valence-electron chi connectivity index (χ2n) is 16.6. The molecular weight excluding hydrogens is 558 g/mol. The molecule has 44 heavy (non-hydrogen) atoms. The molecule has 2 bridgehead atoms. The van der Waals surface area contributed by atoms with Gasteiger partial charge < -0.3 is 25.1 Å². The maximum Gasteiger partial charge on any atom is 0.323 e. The predicted molar refractivity (Wildman–Crippen MR) is 167 cm³/mol. The molecule has 4 aliphatic carbocycles. The molecular formula is C36H57NO7. The third-order valence-corrected chi connectivity index (χ3v) is 14.4. The Hall–Kier alpha value is -1.93. The number of nitrogens with two attached hydrogens (primary N) is 1. The highest BCUT2D eigenvalue weighted by Gasteiger charge is 2.72. The molecule has 1 heterocycles. The first-order chi connectivity index (χ1) is 20.4. The first kappa shape index (κ1) is 33.4. The molecule has 4 fully saturated rings. The van der Waals surface area contributed by atoms with Crippen molar-refractivity contribution in [2.45, 2.75) is 126 Å². The van der Waals surface area contributed by atoms with E-state index in [4.69, 9.17) is 19.9 Å². The minimum Gasteiger partial charge on any atom is -0.481 e. The monoisotopic (exact) mass is 615 g/mol. The lowest BCUT2D eigenvalue weighted by molar-refractivity contribution is -0.263. The van der Waals surface area contributed by atoms with E-state index in [2.05, 4.69) is 54.5 Å². The maximum absolute atomic E-state index is 13.3. The molecule has 12 atom stereocenters. The van der Waals surface area contributed by atoms with Crippen molar-refractivity contribution >= 4 is 17.9 Å². The molecule has 3 saturated carbocycles. The largest absolute Gasteiger partial charge is 0.481 e. The Kier molecular flexibility index (Phi) is 8.44. The van der Waals surface area contributed by atoms with Crippen molar-refractivity contribution in [2.24, 2.45) is 62.4 Å². The average molecular weight is 616 g/mol. The summed E-state index contributed by atoms with van der Waals surface area (Å²) in [6, 6.07) is -0.736. The summed E-state index contributed by atoms with van der Waals surface area (Å²) in [6.45, 7) is 19.9. The van der Waals surface area contributed by atoms with E-state index in [1.54, 1.807) is 0 Å². The van der Waals surface area contributed by atoms with Crippen molar-refractivity contribution in [3.8, 4) is 0 Å². The average Bonchev–Trinajstić information content (AvgIpc) is 2.94. The zero-order valence-corrected chi connectivity index (χ0v) is 28.5. The fourth-order valence-electron chi connectivity index (χ4n) is 11.5. The third-order valence-electron chi connectivity index (χ3n) is 14.4. The molecule has 248 valence electrons. The van der Waals surface area contributed by atoms with Crippen LogP contribution in [-0.4, -0.2) is 54.5 Å². The Balaban J connectivity index is 1.59. The van der Waals surface area contributed by atoms with E-state index in [1.807, 2.05) is 6.92 Å². The zero-order valence-electron chi connectivity index (χ0n) is 28.5. The molecule has 8 nitrogen and oxygen atoms in total. The van der Waals surface area contributed by atoms with Crippen molar-refractivity contribution in [3.63, 3.8) is 0 Å². The van der Waals surface area contributed by atoms with Gasteiger partial charge in [0.1, 0.15) is 18.2 Å². The van der Waals surface area contributed by atoms with Gasteiger partial charge in [-0.15, -0.1) is 0 Å². The highest BCUT2D eigenvalue weighted by atomic mass is 16.6. The molecule has 5 aliphatic rings. The van der Waals surface area contributed by atoms with Crippen LogP contribution in [0.3, 0.4) is 0 Å². The van der Waals surface area contributed by atoms with E-state index in [-0.39, 0.29) is 34.0 Å². The molecule has 0 aromatic rings. The first-order valence-corrected chi connectivity index (χ1v) is 17.1. The highest BCUT2D eigenvalue weighted by molar-refractivity contribution is 5.76. The van der Waals surface area contributed by atoms with Gasteiger partial charge in [-0.1, -0.05) is 67.0 Å². The summed E-state index contributed by atoms with van der Waals surface area (Å²) < 4.78 is 18.6. The number of ether oxygens (including phenoxy) is 3. The number of carbonyl (C=O) groups is 3. The number of allylic oxidation sites excluding steroid dienone is 1. The zero-order chi connectivity index (χ0) is 32.6.